The number of hydrogen-bond acceptors (Lipinski definition) is 2. The van der Waals surface area contributed by atoms with Crippen LogP contribution >= 0.6 is 15.9 Å². The average molecular weight is 318 g/mol. The van der Waals surface area contributed by atoms with Crippen molar-refractivity contribution in [2.45, 2.75) is 19.6 Å². The molecular formula is C16H16BrNO. The van der Waals surface area contributed by atoms with Crippen LogP contribution in [-0.4, -0.2) is 6.61 Å². The second-order valence-electron chi connectivity index (χ2n) is 4.87. The van der Waals surface area contributed by atoms with Crippen LogP contribution in [0.1, 0.15) is 22.7 Å². The fraction of sp³-hybridized carbons (Fsp3) is 0.250. The van der Waals surface area contributed by atoms with Gasteiger partial charge in [-0.15, -0.1) is 0 Å². The number of aryl methyl sites for hydroxylation is 1. The second kappa shape index (κ2) is 5.35. The summed E-state index contributed by atoms with van der Waals surface area (Å²) in [4.78, 5) is 0. The minimum Gasteiger partial charge on any atom is -0.376 e. The number of fused-ring (bicyclic) bond motifs is 1. The van der Waals surface area contributed by atoms with E-state index in [1.807, 2.05) is 0 Å². The maximum absolute atomic E-state index is 5.66. The standard InChI is InChI=1S/C16H16BrNO/c1-11-8-13(6-7-15(11)17)18-16-10-19-9-12-4-2-3-5-14(12)16/h2-8,16,18H,9-10H2,1H3. The van der Waals surface area contributed by atoms with Crippen molar-refractivity contribution in [3.8, 4) is 0 Å². The van der Waals surface area contributed by atoms with Crippen LogP contribution in [0.4, 0.5) is 5.69 Å². The van der Waals surface area contributed by atoms with E-state index in [1.54, 1.807) is 0 Å². The molecule has 1 aliphatic heterocycles. The van der Waals surface area contributed by atoms with Gasteiger partial charge in [0.15, 0.2) is 0 Å². The SMILES string of the molecule is Cc1cc(NC2COCc3ccccc32)ccc1Br. The zero-order chi connectivity index (χ0) is 13.2. The summed E-state index contributed by atoms with van der Waals surface area (Å²) >= 11 is 3.53. The second-order valence-corrected chi connectivity index (χ2v) is 5.73. The van der Waals surface area contributed by atoms with E-state index in [4.69, 9.17) is 4.74 Å². The zero-order valence-electron chi connectivity index (χ0n) is 10.8. The van der Waals surface area contributed by atoms with Gasteiger partial charge in [-0.2, -0.15) is 0 Å². The molecule has 19 heavy (non-hydrogen) atoms. The molecule has 0 amide bonds. The van der Waals surface area contributed by atoms with Crippen molar-refractivity contribution >= 4 is 21.6 Å². The van der Waals surface area contributed by atoms with Crippen LogP contribution in [0.15, 0.2) is 46.9 Å². The first-order valence-corrected chi connectivity index (χ1v) is 7.21. The minimum absolute atomic E-state index is 0.227. The van der Waals surface area contributed by atoms with Gasteiger partial charge in [0.1, 0.15) is 0 Å². The number of anilines is 1. The molecule has 2 aromatic carbocycles. The van der Waals surface area contributed by atoms with Gasteiger partial charge in [-0.05, 0) is 41.8 Å². The number of rotatable bonds is 2. The summed E-state index contributed by atoms with van der Waals surface area (Å²) in [6.45, 7) is 3.53. The van der Waals surface area contributed by atoms with Gasteiger partial charge in [0.2, 0.25) is 0 Å². The van der Waals surface area contributed by atoms with Crippen LogP contribution in [0, 0.1) is 6.92 Å². The molecule has 0 saturated heterocycles. The largest absolute Gasteiger partial charge is 0.376 e. The molecule has 98 valence electrons. The number of hydrogen-bond donors (Lipinski definition) is 1. The van der Waals surface area contributed by atoms with E-state index >= 15 is 0 Å². The summed E-state index contributed by atoms with van der Waals surface area (Å²) < 4.78 is 6.80. The Labute approximate surface area is 121 Å². The summed E-state index contributed by atoms with van der Waals surface area (Å²) in [7, 11) is 0. The fourth-order valence-electron chi connectivity index (χ4n) is 2.44. The number of benzene rings is 2. The first kappa shape index (κ1) is 12.7. The number of halogens is 1. The number of nitrogens with one attached hydrogen (secondary N) is 1. The van der Waals surface area contributed by atoms with Gasteiger partial charge in [0, 0.05) is 10.2 Å². The third-order valence-corrected chi connectivity index (χ3v) is 4.36. The van der Waals surface area contributed by atoms with Gasteiger partial charge in [-0.25, -0.2) is 0 Å². The van der Waals surface area contributed by atoms with Crippen LogP contribution < -0.4 is 5.32 Å². The molecule has 0 saturated carbocycles. The third kappa shape index (κ3) is 2.67. The molecule has 2 nitrogen and oxygen atoms in total. The monoisotopic (exact) mass is 317 g/mol. The first-order chi connectivity index (χ1) is 9.24. The molecular weight excluding hydrogens is 302 g/mol. The van der Waals surface area contributed by atoms with E-state index in [0.29, 0.717) is 13.2 Å². The van der Waals surface area contributed by atoms with Crippen LogP contribution in [0.25, 0.3) is 0 Å². The lowest BCUT2D eigenvalue weighted by molar-refractivity contribution is 0.0970. The van der Waals surface area contributed by atoms with Gasteiger partial charge < -0.3 is 10.1 Å². The maximum Gasteiger partial charge on any atom is 0.0751 e. The molecule has 0 bridgehead atoms. The molecule has 0 aromatic heterocycles. The normalized spacial score (nSPS) is 17.9. The molecule has 1 heterocycles. The van der Waals surface area contributed by atoms with Crippen molar-refractivity contribution in [3.63, 3.8) is 0 Å². The molecule has 0 fully saturated rings. The maximum atomic E-state index is 5.66. The highest BCUT2D eigenvalue weighted by Gasteiger charge is 2.20. The van der Waals surface area contributed by atoms with E-state index in [1.165, 1.54) is 16.7 Å². The van der Waals surface area contributed by atoms with Crippen LogP contribution in [0.2, 0.25) is 0 Å². The highest BCUT2D eigenvalue weighted by Crippen LogP contribution is 2.29. The predicted molar refractivity (Wildman–Crippen MR) is 81.3 cm³/mol. The minimum atomic E-state index is 0.227. The Morgan fingerprint density at radius 1 is 1.21 bits per heavy atom. The average Bonchev–Trinajstić information content (AvgIpc) is 2.43. The smallest absolute Gasteiger partial charge is 0.0751 e. The van der Waals surface area contributed by atoms with Crippen molar-refractivity contribution in [1.82, 2.24) is 0 Å². The summed E-state index contributed by atoms with van der Waals surface area (Å²) in [5.74, 6) is 0. The summed E-state index contributed by atoms with van der Waals surface area (Å²) in [6, 6.07) is 15.0. The van der Waals surface area contributed by atoms with E-state index in [-0.39, 0.29) is 6.04 Å². The van der Waals surface area contributed by atoms with Crippen LogP contribution in [-0.2, 0) is 11.3 Å². The number of ether oxygens (including phenoxy) is 1. The Hall–Kier alpha value is -1.32. The van der Waals surface area contributed by atoms with Crippen molar-refractivity contribution < 1.29 is 4.74 Å². The lowest BCUT2D eigenvalue weighted by Gasteiger charge is -2.27. The van der Waals surface area contributed by atoms with E-state index in [0.717, 1.165) is 10.2 Å². The molecule has 3 rings (SSSR count). The Balaban J connectivity index is 1.86. The van der Waals surface area contributed by atoms with Crippen molar-refractivity contribution in [1.29, 1.82) is 0 Å². The molecule has 1 N–H and O–H groups in total. The summed E-state index contributed by atoms with van der Waals surface area (Å²) in [6.07, 6.45) is 0. The summed E-state index contributed by atoms with van der Waals surface area (Å²) in [5.41, 5.74) is 4.98. The van der Waals surface area contributed by atoms with Gasteiger partial charge >= 0.3 is 0 Å². The molecule has 3 heteroatoms. The molecule has 0 radical (unpaired) electrons. The highest BCUT2D eigenvalue weighted by molar-refractivity contribution is 9.10. The zero-order valence-corrected chi connectivity index (χ0v) is 12.4. The Morgan fingerprint density at radius 3 is 2.89 bits per heavy atom. The van der Waals surface area contributed by atoms with Crippen LogP contribution in [0.3, 0.4) is 0 Å². The predicted octanol–water partition coefficient (Wildman–Crippen LogP) is 4.44. The van der Waals surface area contributed by atoms with Gasteiger partial charge in [-0.1, -0.05) is 40.2 Å². The lowest BCUT2D eigenvalue weighted by Crippen LogP contribution is -2.23. The Kier molecular flexibility index (Phi) is 3.58. The van der Waals surface area contributed by atoms with Crippen molar-refractivity contribution in [2.24, 2.45) is 0 Å². The Morgan fingerprint density at radius 2 is 2.05 bits per heavy atom. The first-order valence-electron chi connectivity index (χ1n) is 6.42. The topological polar surface area (TPSA) is 21.3 Å². The molecule has 1 unspecified atom stereocenters. The molecule has 0 aliphatic carbocycles. The quantitative estimate of drug-likeness (QED) is 0.884. The molecule has 1 atom stereocenters. The molecule has 0 spiro atoms. The van der Waals surface area contributed by atoms with Gasteiger partial charge in [0.05, 0.1) is 19.3 Å². The Bertz CT molecular complexity index is 597. The lowest BCUT2D eigenvalue weighted by atomic mass is 9.99. The molecule has 1 aliphatic rings. The van der Waals surface area contributed by atoms with Gasteiger partial charge in [0.25, 0.3) is 0 Å². The van der Waals surface area contributed by atoms with E-state index < -0.39 is 0 Å². The van der Waals surface area contributed by atoms with E-state index in [2.05, 4.69) is 70.6 Å². The fourth-order valence-corrected chi connectivity index (χ4v) is 2.68. The van der Waals surface area contributed by atoms with Crippen LogP contribution in [0.5, 0.6) is 0 Å². The third-order valence-electron chi connectivity index (χ3n) is 3.47. The van der Waals surface area contributed by atoms with Crippen molar-refractivity contribution in [3.05, 3.63) is 63.6 Å². The highest BCUT2D eigenvalue weighted by atomic mass is 79.9. The van der Waals surface area contributed by atoms with Gasteiger partial charge in [-0.3, -0.25) is 0 Å². The van der Waals surface area contributed by atoms with Crippen molar-refractivity contribution in [2.75, 3.05) is 11.9 Å². The van der Waals surface area contributed by atoms with E-state index in [9.17, 15) is 0 Å². The molecule has 2 aromatic rings. The summed E-state index contributed by atoms with van der Waals surface area (Å²) in [5, 5.41) is 3.56.